The Labute approximate surface area is 168 Å². The molecule has 0 saturated heterocycles. The van der Waals surface area contributed by atoms with E-state index in [1.54, 1.807) is 0 Å². The van der Waals surface area contributed by atoms with Crippen LogP contribution in [0.15, 0.2) is 103 Å². The highest BCUT2D eigenvalue weighted by molar-refractivity contribution is 5.63. The fraction of sp³-hybridized carbons (Fsp3) is 0.143. The third-order valence-corrected chi connectivity index (χ3v) is 5.67. The Bertz CT molecular complexity index is 941. The van der Waals surface area contributed by atoms with E-state index in [0.717, 1.165) is 0 Å². The first-order chi connectivity index (χ1) is 13.6. The zero-order valence-corrected chi connectivity index (χ0v) is 16.8. The number of hydrogen-bond donors (Lipinski definition) is 0. The predicted octanol–water partition coefficient (Wildman–Crippen LogP) is 6.99. The first kappa shape index (κ1) is 18.3. The van der Waals surface area contributed by atoms with Gasteiger partial charge in [-0.15, -0.1) is 0 Å². The molecule has 4 aromatic carbocycles. The molecule has 0 unspecified atom stereocenters. The lowest BCUT2D eigenvalue weighted by atomic mass is 9.63. The number of benzene rings is 4. The van der Waals surface area contributed by atoms with Gasteiger partial charge in [-0.3, -0.25) is 0 Å². The third kappa shape index (κ3) is 2.96. The quantitative estimate of drug-likeness (QED) is 0.343. The standard InChI is InChI=1S/C28H26/c1-21-19-22(2)27(23(3)20-21)28(24-13-7-4-8-14-24,25-15-9-5-10-16-25)26-17-11-6-12-18-26/h4-20H,1-3H3. The minimum Gasteiger partial charge on any atom is -0.0622 e. The molecule has 4 rings (SSSR count). The minimum absolute atomic E-state index is 0.356. The van der Waals surface area contributed by atoms with Crippen molar-refractivity contribution in [3.8, 4) is 0 Å². The predicted molar refractivity (Wildman–Crippen MR) is 119 cm³/mol. The molecule has 0 aliphatic carbocycles. The Morgan fingerprint density at radius 3 is 1.11 bits per heavy atom. The number of rotatable bonds is 4. The van der Waals surface area contributed by atoms with Gasteiger partial charge in [-0.2, -0.15) is 0 Å². The molecule has 0 bridgehead atoms. The molecule has 0 atom stereocenters. The van der Waals surface area contributed by atoms with E-state index < -0.39 is 0 Å². The second-order valence-electron chi connectivity index (χ2n) is 7.62. The molecule has 0 aliphatic heterocycles. The van der Waals surface area contributed by atoms with Gasteiger partial charge in [0.25, 0.3) is 0 Å². The smallest absolute Gasteiger partial charge is 0.0622 e. The summed E-state index contributed by atoms with van der Waals surface area (Å²) in [7, 11) is 0. The van der Waals surface area contributed by atoms with E-state index in [1.165, 1.54) is 38.9 Å². The van der Waals surface area contributed by atoms with Crippen LogP contribution in [-0.2, 0) is 5.41 Å². The first-order valence-corrected chi connectivity index (χ1v) is 9.89. The largest absolute Gasteiger partial charge is 0.0706 e. The van der Waals surface area contributed by atoms with E-state index in [1.807, 2.05) is 0 Å². The molecule has 4 aromatic rings. The van der Waals surface area contributed by atoms with Gasteiger partial charge in [-0.05, 0) is 54.2 Å². The van der Waals surface area contributed by atoms with E-state index in [4.69, 9.17) is 0 Å². The van der Waals surface area contributed by atoms with Crippen LogP contribution in [0.4, 0.5) is 0 Å². The van der Waals surface area contributed by atoms with Gasteiger partial charge in [-0.25, -0.2) is 0 Å². The molecule has 0 fully saturated rings. The van der Waals surface area contributed by atoms with Crippen LogP contribution in [0.25, 0.3) is 0 Å². The Hall–Kier alpha value is -3.12. The van der Waals surface area contributed by atoms with Gasteiger partial charge in [0.1, 0.15) is 0 Å². The van der Waals surface area contributed by atoms with E-state index >= 15 is 0 Å². The molecular formula is C28H26. The van der Waals surface area contributed by atoms with Crippen LogP contribution in [0.1, 0.15) is 38.9 Å². The van der Waals surface area contributed by atoms with Gasteiger partial charge in [0.05, 0.1) is 5.41 Å². The molecule has 0 heterocycles. The summed E-state index contributed by atoms with van der Waals surface area (Å²) in [6, 6.07) is 37.4. The zero-order valence-electron chi connectivity index (χ0n) is 16.8. The van der Waals surface area contributed by atoms with E-state index in [-0.39, 0.29) is 5.41 Å². The van der Waals surface area contributed by atoms with E-state index in [0.29, 0.717) is 0 Å². The second-order valence-corrected chi connectivity index (χ2v) is 7.62. The summed E-state index contributed by atoms with van der Waals surface area (Å²) in [6.45, 7) is 6.68. The maximum absolute atomic E-state index is 2.31. The highest BCUT2D eigenvalue weighted by Crippen LogP contribution is 2.47. The molecule has 0 amide bonds. The average molecular weight is 363 g/mol. The van der Waals surface area contributed by atoms with Crippen LogP contribution in [0.5, 0.6) is 0 Å². The van der Waals surface area contributed by atoms with Gasteiger partial charge in [0.2, 0.25) is 0 Å². The van der Waals surface area contributed by atoms with Gasteiger partial charge >= 0.3 is 0 Å². The van der Waals surface area contributed by atoms with Crippen molar-refractivity contribution >= 4 is 0 Å². The molecule has 0 N–H and O–H groups in total. The molecule has 0 nitrogen and oxygen atoms in total. The Morgan fingerprint density at radius 1 is 0.464 bits per heavy atom. The fourth-order valence-corrected chi connectivity index (χ4v) is 4.77. The van der Waals surface area contributed by atoms with Crippen LogP contribution >= 0.6 is 0 Å². The Morgan fingerprint density at radius 2 is 0.786 bits per heavy atom. The summed E-state index contributed by atoms with van der Waals surface area (Å²) < 4.78 is 0. The van der Waals surface area contributed by atoms with Gasteiger partial charge in [0, 0.05) is 0 Å². The van der Waals surface area contributed by atoms with E-state index in [9.17, 15) is 0 Å². The van der Waals surface area contributed by atoms with Crippen LogP contribution < -0.4 is 0 Å². The monoisotopic (exact) mass is 362 g/mol. The third-order valence-electron chi connectivity index (χ3n) is 5.67. The fourth-order valence-electron chi connectivity index (χ4n) is 4.77. The van der Waals surface area contributed by atoms with Crippen molar-refractivity contribution in [3.05, 3.63) is 142 Å². The summed E-state index contributed by atoms with van der Waals surface area (Å²) in [4.78, 5) is 0. The maximum Gasteiger partial charge on any atom is 0.0706 e. The molecule has 0 aromatic heterocycles. The summed E-state index contributed by atoms with van der Waals surface area (Å²) in [6.07, 6.45) is 0. The first-order valence-electron chi connectivity index (χ1n) is 9.89. The van der Waals surface area contributed by atoms with Crippen molar-refractivity contribution < 1.29 is 0 Å². The van der Waals surface area contributed by atoms with Crippen molar-refractivity contribution in [1.82, 2.24) is 0 Å². The van der Waals surface area contributed by atoms with Crippen molar-refractivity contribution in [2.75, 3.05) is 0 Å². The summed E-state index contributed by atoms with van der Waals surface area (Å²) in [5, 5.41) is 0. The van der Waals surface area contributed by atoms with Gasteiger partial charge < -0.3 is 0 Å². The molecule has 28 heavy (non-hydrogen) atoms. The molecule has 0 radical (unpaired) electrons. The highest BCUT2D eigenvalue weighted by Gasteiger charge is 2.40. The maximum atomic E-state index is 2.31. The van der Waals surface area contributed by atoms with Crippen LogP contribution in [-0.4, -0.2) is 0 Å². The Balaban J connectivity index is 2.21. The number of hydrogen-bond acceptors (Lipinski definition) is 0. The second kappa shape index (κ2) is 7.48. The van der Waals surface area contributed by atoms with Gasteiger partial charge in [0.15, 0.2) is 0 Å². The minimum atomic E-state index is -0.356. The molecular weight excluding hydrogens is 336 g/mol. The summed E-state index contributed by atoms with van der Waals surface area (Å²) in [5.74, 6) is 0. The van der Waals surface area contributed by atoms with Crippen molar-refractivity contribution in [1.29, 1.82) is 0 Å². The van der Waals surface area contributed by atoms with Crippen LogP contribution in [0, 0.1) is 20.8 Å². The molecule has 0 spiro atoms. The lowest BCUT2D eigenvalue weighted by molar-refractivity contribution is 0.731. The molecule has 0 heteroatoms. The van der Waals surface area contributed by atoms with Crippen LogP contribution in [0.3, 0.4) is 0 Å². The van der Waals surface area contributed by atoms with Crippen molar-refractivity contribution in [2.45, 2.75) is 26.2 Å². The highest BCUT2D eigenvalue weighted by atomic mass is 14.4. The van der Waals surface area contributed by atoms with Crippen molar-refractivity contribution in [3.63, 3.8) is 0 Å². The van der Waals surface area contributed by atoms with Crippen LogP contribution in [0.2, 0.25) is 0 Å². The lowest BCUT2D eigenvalue weighted by Crippen LogP contribution is -2.32. The zero-order chi connectivity index (χ0) is 19.6. The van der Waals surface area contributed by atoms with Crippen molar-refractivity contribution in [2.24, 2.45) is 0 Å². The Kier molecular flexibility index (Phi) is 4.88. The van der Waals surface area contributed by atoms with Gasteiger partial charge in [-0.1, -0.05) is 109 Å². The molecule has 138 valence electrons. The average Bonchev–Trinajstić information content (AvgIpc) is 2.72. The molecule has 0 aliphatic rings. The summed E-state index contributed by atoms with van der Waals surface area (Å²) >= 11 is 0. The number of aryl methyl sites for hydroxylation is 3. The normalized spacial score (nSPS) is 11.4. The summed E-state index contributed by atoms with van der Waals surface area (Å²) in [5.41, 5.74) is 8.87. The topological polar surface area (TPSA) is 0 Å². The lowest BCUT2D eigenvalue weighted by Gasteiger charge is -2.39. The SMILES string of the molecule is Cc1cc(C)c(C(c2ccccc2)(c2ccccc2)c2ccccc2)c(C)c1. The van der Waals surface area contributed by atoms with E-state index in [2.05, 4.69) is 124 Å². The molecule has 0 saturated carbocycles.